The molecule has 1 aliphatic rings. The van der Waals surface area contributed by atoms with Crippen LogP contribution in [0, 0.1) is 16.0 Å². The molecule has 1 amide bonds. The minimum Gasteiger partial charge on any atom is -0.465 e. The van der Waals surface area contributed by atoms with E-state index in [0.717, 1.165) is 12.0 Å². The van der Waals surface area contributed by atoms with E-state index in [1.165, 1.54) is 17.0 Å². The van der Waals surface area contributed by atoms with Crippen molar-refractivity contribution in [3.63, 3.8) is 0 Å². The summed E-state index contributed by atoms with van der Waals surface area (Å²) in [5.41, 5.74) is 0.476. The van der Waals surface area contributed by atoms with Crippen LogP contribution in [0.25, 0.3) is 0 Å². The Labute approximate surface area is 145 Å². The van der Waals surface area contributed by atoms with Crippen LogP contribution in [0.15, 0.2) is 18.2 Å². The van der Waals surface area contributed by atoms with Gasteiger partial charge >= 0.3 is 12.1 Å². The lowest BCUT2D eigenvalue weighted by Crippen LogP contribution is -2.42. The van der Waals surface area contributed by atoms with Crippen LogP contribution in [-0.2, 0) is 4.74 Å². The standard InChI is InChI=1S/C17H22N2O6/c1-3-11-10-18(17(21)22)8-7-13(11)12-5-6-15(19(23)24)14(9-12)16(20)25-4-2/h5-6,9,11,13H,3-4,7-8,10H2,1-2H3,(H,21,22)/t11-,13?/m1/s1. The first-order valence-corrected chi connectivity index (χ1v) is 8.32. The third-order valence-corrected chi connectivity index (χ3v) is 4.67. The van der Waals surface area contributed by atoms with E-state index >= 15 is 0 Å². The molecule has 1 aromatic carbocycles. The zero-order valence-corrected chi connectivity index (χ0v) is 14.3. The molecular weight excluding hydrogens is 328 g/mol. The number of hydrogen-bond acceptors (Lipinski definition) is 5. The molecule has 0 aromatic heterocycles. The number of carboxylic acid groups (broad SMARTS) is 1. The van der Waals surface area contributed by atoms with E-state index in [1.54, 1.807) is 13.0 Å². The van der Waals surface area contributed by atoms with Gasteiger partial charge in [0.15, 0.2) is 0 Å². The number of nitro groups is 1. The van der Waals surface area contributed by atoms with Crippen molar-refractivity contribution in [1.82, 2.24) is 4.90 Å². The number of carbonyl (C=O) groups is 2. The van der Waals surface area contributed by atoms with Crippen LogP contribution in [-0.4, -0.2) is 46.7 Å². The molecule has 0 spiro atoms. The largest absolute Gasteiger partial charge is 0.465 e. The summed E-state index contributed by atoms with van der Waals surface area (Å²) in [6.07, 6.45) is 0.457. The number of likely N-dealkylation sites (tertiary alicyclic amines) is 1. The maximum atomic E-state index is 12.1. The van der Waals surface area contributed by atoms with Gasteiger partial charge in [-0.15, -0.1) is 0 Å². The van der Waals surface area contributed by atoms with Crippen molar-refractivity contribution in [3.8, 4) is 0 Å². The number of hydrogen-bond donors (Lipinski definition) is 1. The van der Waals surface area contributed by atoms with Crippen LogP contribution in [0.5, 0.6) is 0 Å². The van der Waals surface area contributed by atoms with E-state index in [9.17, 15) is 24.8 Å². The van der Waals surface area contributed by atoms with Gasteiger partial charge in [0.1, 0.15) is 5.56 Å². The van der Waals surface area contributed by atoms with Gasteiger partial charge in [0, 0.05) is 19.2 Å². The van der Waals surface area contributed by atoms with Crippen molar-refractivity contribution in [2.24, 2.45) is 5.92 Å². The minimum absolute atomic E-state index is 0.0505. The molecule has 1 fully saturated rings. The number of esters is 1. The van der Waals surface area contributed by atoms with Crippen LogP contribution < -0.4 is 0 Å². The summed E-state index contributed by atoms with van der Waals surface area (Å²) in [4.78, 5) is 35.2. The van der Waals surface area contributed by atoms with Gasteiger partial charge in [-0.3, -0.25) is 10.1 Å². The highest BCUT2D eigenvalue weighted by molar-refractivity contribution is 5.94. The molecule has 1 aromatic rings. The second-order valence-corrected chi connectivity index (χ2v) is 6.05. The SMILES string of the molecule is CCOC(=O)c1cc(C2CCN(C(=O)O)C[C@H]2CC)ccc1[N+](=O)[O-]. The molecule has 0 aliphatic carbocycles. The molecule has 1 saturated heterocycles. The van der Waals surface area contributed by atoms with Gasteiger partial charge in [-0.25, -0.2) is 9.59 Å². The summed E-state index contributed by atoms with van der Waals surface area (Å²) >= 11 is 0. The fourth-order valence-electron chi connectivity index (χ4n) is 3.37. The molecule has 8 heteroatoms. The van der Waals surface area contributed by atoms with E-state index in [1.807, 2.05) is 6.92 Å². The molecule has 0 bridgehead atoms. The molecular formula is C17H22N2O6. The van der Waals surface area contributed by atoms with E-state index in [2.05, 4.69) is 0 Å². The summed E-state index contributed by atoms with van der Waals surface area (Å²) in [5.74, 6) is -0.567. The van der Waals surface area contributed by atoms with Gasteiger partial charge in [-0.2, -0.15) is 0 Å². The number of carbonyl (C=O) groups excluding carboxylic acids is 1. The molecule has 1 unspecified atom stereocenters. The number of piperidine rings is 1. The number of ether oxygens (including phenoxy) is 1. The van der Waals surface area contributed by atoms with Gasteiger partial charge in [-0.1, -0.05) is 19.4 Å². The number of nitro benzene ring substituents is 1. The summed E-state index contributed by atoms with van der Waals surface area (Å²) in [5, 5.41) is 20.4. The second-order valence-electron chi connectivity index (χ2n) is 6.05. The molecule has 1 N–H and O–H groups in total. The molecule has 0 saturated carbocycles. The molecule has 8 nitrogen and oxygen atoms in total. The van der Waals surface area contributed by atoms with Crippen LogP contribution in [0.2, 0.25) is 0 Å². The first-order valence-electron chi connectivity index (χ1n) is 8.32. The van der Waals surface area contributed by atoms with Gasteiger partial charge in [-0.05, 0) is 36.8 Å². The van der Waals surface area contributed by atoms with Crippen LogP contribution >= 0.6 is 0 Å². The minimum atomic E-state index is -0.937. The molecule has 1 heterocycles. The van der Waals surface area contributed by atoms with Crippen molar-refractivity contribution < 1.29 is 24.4 Å². The highest BCUT2D eigenvalue weighted by Crippen LogP contribution is 2.36. The van der Waals surface area contributed by atoms with E-state index in [0.29, 0.717) is 19.5 Å². The molecule has 25 heavy (non-hydrogen) atoms. The average Bonchev–Trinajstić information content (AvgIpc) is 2.60. The monoisotopic (exact) mass is 350 g/mol. The topological polar surface area (TPSA) is 110 Å². The fourth-order valence-corrected chi connectivity index (χ4v) is 3.37. The third kappa shape index (κ3) is 4.07. The lowest BCUT2D eigenvalue weighted by Gasteiger charge is -2.37. The van der Waals surface area contributed by atoms with Crippen molar-refractivity contribution >= 4 is 17.7 Å². The summed E-state index contributed by atoms with van der Waals surface area (Å²) in [7, 11) is 0. The predicted octanol–water partition coefficient (Wildman–Crippen LogP) is 3.27. The van der Waals surface area contributed by atoms with Crippen LogP contribution in [0.1, 0.15) is 48.5 Å². The second kappa shape index (κ2) is 7.96. The highest BCUT2D eigenvalue weighted by atomic mass is 16.6. The van der Waals surface area contributed by atoms with Gasteiger partial charge in [0.2, 0.25) is 0 Å². The van der Waals surface area contributed by atoms with E-state index in [-0.39, 0.29) is 29.7 Å². The zero-order chi connectivity index (χ0) is 18.6. The molecule has 2 atom stereocenters. The van der Waals surface area contributed by atoms with E-state index in [4.69, 9.17) is 4.74 Å². The Balaban J connectivity index is 2.35. The van der Waals surface area contributed by atoms with Crippen molar-refractivity contribution in [2.45, 2.75) is 32.6 Å². The first-order chi connectivity index (χ1) is 11.9. The van der Waals surface area contributed by atoms with Crippen molar-refractivity contribution in [2.75, 3.05) is 19.7 Å². The summed E-state index contributed by atoms with van der Waals surface area (Å²) in [6.45, 7) is 4.59. The normalized spacial score (nSPS) is 20.2. The fraction of sp³-hybridized carbons (Fsp3) is 0.529. The Hall–Kier alpha value is -2.64. The van der Waals surface area contributed by atoms with Crippen molar-refractivity contribution in [1.29, 1.82) is 0 Å². The summed E-state index contributed by atoms with van der Waals surface area (Å²) in [6, 6.07) is 4.52. The molecule has 0 radical (unpaired) electrons. The van der Waals surface area contributed by atoms with Crippen LogP contribution in [0.4, 0.5) is 10.5 Å². The Bertz CT molecular complexity index is 675. The average molecular weight is 350 g/mol. The molecule has 2 rings (SSSR count). The van der Waals surface area contributed by atoms with Gasteiger partial charge in [0.05, 0.1) is 11.5 Å². The Morgan fingerprint density at radius 1 is 1.40 bits per heavy atom. The third-order valence-electron chi connectivity index (χ3n) is 4.67. The Morgan fingerprint density at radius 2 is 2.12 bits per heavy atom. The number of benzene rings is 1. The van der Waals surface area contributed by atoms with E-state index < -0.39 is 17.0 Å². The Kier molecular flexibility index (Phi) is 5.95. The predicted molar refractivity (Wildman–Crippen MR) is 89.8 cm³/mol. The lowest BCUT2D eigenvalue weighted by molar-refractivity contribution is -0.385. The van der Waals surface area contributed by atoms with Gasteiger partial charge < -0.3 is 14.7 Å². The smallest absolute Gasteiger partial charge is 0.407 e. The van der Waals surface area contributed by atoms with Crippen LogP contribution in [0.3, 0.4) is 0 Å². The first kappa shape index (κ1) is 18.7. The number of amides is 1. The molecule has 1 aliphatic heterocycles. The highest BCUT2D eigenvalue weighted by Gasteiger charge is 2.33. The maximum absolute atomic E-state index is 12.1. The maximum Gasteiger partial charge on any atom is 0.407 e. The van der Waals surface area contributed by atoms with Gasteiger partial charge in [0.25, 0.3) is 5.69 Å². The zero-order valence-electron chi connectivity index (χ0n) is 14.3. The number of rotatable bonds is 5. The molecule has 136 valence electrons. The van der Waals surface area contributed by atoms with Crippen molar-refractivity contribution in [3.05, 3.63) is 39.4 Å². The Morgan fingerprint density at radius 3 is 2.68 bits per heavy atom. The quantitative estimate of drug-likeness (QED) is 0.496. The lowest BCUT2D eigenvalue weighted by atomic mass is 9.78. The summed E-state index contributed by atoms with van der Waals surface area (Å²) < 4.78 is 4.93. The number of nitrogens with zero attached hydrogens (tertiary/aromatic N) is 2.